The first-order valence-electron chi connectivity index (χ1n) is 7.47. The second-order valence-electron chi connectivity index (χ2n) is 5.51. The van der Waals surface area contributed by atoms with Crippen molar-refractivity contribution in [1.82, 2.24) is 15.2 Å². The molecule has 0 aliphatic carbocycles. The summed E-state index contributed by atoms with van der Waals surface area (Å²) >= 11 is 0. The van der Waals surface area contributed by atoms with Gasteiger partial charge in [-0.2, -0.15) is 0 Å². The Bertz CT molecular complexity index is 751. The number of fused-ring (bicyclic) bond motifs is 1. The number of hydrogen-bond acceptors (Lipinski definition) is 3. The Balaban J connectivity index is 1.73. The molecule has 1 amide bonds. The number of nitrogens with one attached hydrogen (secondary N) is 2. The highest BCUT2D eigenvalue weighted by atomic mass is 19.1. The average Bonchev–Trinajstić information content (AvgIpc) is 3.01. The van der Waals surface area contributed by atoms with Gasteiger partial charge in [-0.1, -0.05) is 6.07 Å². The number of halogens is 1. The number of carbonyl (C=O) groups is 1. The van der Waals surface area contributed by atoms with E-state index in [0.717, 1.165) is 19.6 Å². The first kappa shape index (κ1) is 14.7. The first-order valence-corrected chi connectivity index (χ1v) is 7.47. The van der Waals surface area contributed by atoms with Crippen molar-refractivity contribution in [2.45, 2.75) is 12.8 Å². The molecule has 0 radical (unpaired) electrons. The van der Waals surface area contributed by atoms with E-state index in [0.29, 0.717) is 6.54 Å². The molecule has 6 heteroatoms. The molecule has 1 aromatic carbocycles. The van der Waals surface area contributed by atoms with Crippen LogP contribution in [-0.4, -0.2) is 42.0 Å². The smallest absolute Gasteiger partial charge is 0.267 e. The van der Waals surface area contributed by atoms with Gasteiger partial charge < -0.3 is 15.2 Å². The summed E-state index contributed by atoms with van der Waals surface area (Å²) in [7, 11) is 0. The quantitative estimate of drug-likeness (QED) is 0.899. The molecule has 1 aliphatic heterocycles. The molecule has 1 saturated heterocycles. The molecule has 2 aromatic rings. The number of para-hydroxylation sites is 1. The topological polar surface area (TPSA) is 65.2 Å². The van der Waals surface area contributed by atoms with Crippen LogP contribution < -0.4 is 10.7 Å². The molecule has 0 atom stereocenters. The summed E-state index contributed by atoms with van der Waals surface area (Å²) in [5.41, 5.74) is -0.207. The minimum absolute atomic E-state index is 0.0692. The summed E-state index contributed by atoms with van der Waals surface area (Å²) in [6.07, 6.45) is 2.40. The molecule has 5 nitrogen and oxygen atoms in total. The molecule has 22 heavy (non-hydrogen) atoms. The van der Waals surface area contributed by atoms with E-state index in [9.17, 15) is 14.0 Å². The summed E-state index contributed by atoms with van der Waals surface area (Å²) in [5, 5.41) is 3.01. The van der Waals surface area contributed by atoms with Crippen molar-refractivity contribution in [2.24, 2.45) is 0 Å². The fourth-order valence-corrected chi connectivity index (χ4v) is 2.79. The highest BCUT2D eigenvalue weighted by Crippen LogP contribution is 2.12. The van der Waals surface area contributed by atoms with Crippen LogP contribution in [-0.2, 0) is 0 Å². The number of carbonyl (C=O) groups excluding carboxylic acids is 1. The van der Waals surface area contributed by atoms with Gasteiger partial charge in [-0.05, 0) is 38.1 Å². The molecular weight excluding hydrogens is 285 g/mol. The van der Waals surface area contributed by atoms with Crippen LogP contribution >= 0.6 is 0 Å². The van der Waals surface area contributed by atoms with Crippen molar-refractivity contribution in [3.63, 3.8) is 0 Å². The van der Waals surface area contributed by atoms with Gasteiger partial charge in [0.05, 0.1) is 5.52 Å². The zero-order valence-corrected chi connectivity index (χ0v) is 12.2. The summed E-state index contributed by atoms with van der Waals surface area (Å²) in [6, 6.07) is 5.48. The molecule has 0 saturated carbocycles. The third-order valence-electron chi connectivity index (χ3n) is 3.97. The van der Waals surface area contributed by atoms with Crippen LogP contribution in [0.25, 0.3) is 10.9 Å². The molecule has 2 N–H and O–H groups in total. The van der Waals surface area contributed by atoms with Crippen molar-refractivity contribution in [3.05, 3.63) is 46.0 Å². The second kappa shape index (κ2) is 6.27. The number of pyridine rings is 1. The molecule has 3 rings (SSSR count). The molecule has 0 unspecified atom stereocenters. The number of amides is 1. The maximum Gasteiger partial charge on any atom is 0.267 e. The van der Waals surface area contributed by atoms with E-state index in [1.165, 1.54) is 37.1 Å². The monoisotopic (exact) mass is 303 g/mol. The molecule has 1 aromatic heterocycles. The normalized spacial score (nSPS) is 15.3. The van der Waals surface area contributed by atoms with Crippen molar-refractivity contribution in [3.8, 4) is 0 Å². The number of H-pyrrole nitrogens is 1. The van der Waals surface area contributed by atoms with Crippen LogP contribution in [0.4, 0.5) is 4.39 Å². The summed E-state index contributed by atoms with van der Waals surface area (Å²) in [6.45, 7) is 3.43. The van der Waals surface area contributed by atoms with Gasteiger partial charge in [0.1, 0.15) is 11.5 Å². The van der Waals surface area contributed by atoms with Crippen molar-refractivity contribution in [2.75, 3.05) is 26.2 Å². The first-order chi connectivity index (χ1) is 10.6. The number of benzene rings is 1. The minimum atomic E-state index is -0.540. The van der Waals surface area contributed by atoms with Crippen LogP contribution in [0, 0.1) is 5.82 Å². The largest absolute Gasteiger partial charge is 0.349 e. The molecular formula is C16H18FN3O2. The molecule has 1 fully saturated rings. The van der Waals surface area contributed by atoms with E-state index in [2.05, 4.69) is 15.2 Å². The Morgan fingerprint density at radius 2 is 2.09 bits per heavy atom. The number of rotatable bonds is 4. The highest BCUT2D eigenvalue weighted by molar-refractivity contribution is 5.94. The van der Waals surface area contributed by atoms with Crippen LogP contribution in [0.2, 0.25) is 0 Å². The van der Waals surface area contributed by atoms with Crippen LogP contribution in [0.5, 0.6) is 0 Å². The lowest BCUT2D eigenvalue weighted by Crippen LogP contribution is -2.34. The van der Waals surface area contributed by atoms with Gasteiger partial charge in [0.25, 0.3) is 5.91 Å². The molecule has 1 aliphatic rings. The van der Waals surface area contributed by atoms with Crippen LogP contribution in [0.1, 0.15) is 23.3 Å². The number of aromatic nitrogens is 1. The Hall–Kier alpha value is -2.21. The maximum atomic E-state index is 13.8. The van der Waals surface area contributed by atoms with Gasteiger partial charge in [-0.25, -0.2) is 4.39 Å². The lowest BCUT2D eigenvalue weighted by atomic mass is 10.2. The van der Waals surface area contributed by atoms with Crippen LogP contribution in [0.15, 0.2) is 29.1 Å². The van der Waals surface area contributed by atoms with Gasteiger partial charge in [0.15, 0.2) is 5.43 Å². The van der Waals surface area contributed by atoms with E-state index in [1.54, 1.807) is 0 Å². The van der Waals surface area contributed by atoms with E-state index in [-0.39, 0.29) is 27.9 Å². The lowest BCUT2D eigenvalue weighted by molar-refractivity contribution is 0.0945. The van der Waals surface area contributed by atoms with Crippen molar-refractivity contribution in [1.29, 1.82) is 0 Å². The third-order valence-corrected chi connectivity index (χ3v) is 3.97. The predicted molar refractivity (Wildman–Crippen MR) is 82.5 cm³/mol. The Labute approximate surface area is 127 Å². The number of hydrogen-bond donors (Lipinski definition) is 2. The fourth-order valence-electron chi connectivity index (χ4n) is 2.79. The Morgan fingerprint density at radius 1 is 1.32 bits per heavy atom. The van der Waals surface area contributed by atoms with E-state index >= 15 is 0 Å². The van der Waals surface area contributed by atoms with Gasteiger partial charge in [0.2, 0.25) is 0 Å². The van der Waals surface area contributed by atoms with Crippen molar-refractivity contribution < 1.29 is 9.18 Å². The molecule has 0 spiro atoms. The number of aromatic amines is 1. The third kappa shape index (κ3) is 3.01. The summed E-state index contributed by atoms with van der Waals surface area (Å²) < 4.78 is 13.8. The Kier molecular flexibility index (Phi) is 4.20. The van der Waals surface area contributed by atoms with Crippen LogP contribution in [0.3, 0.4) is 0 Å². The second-order valence-corrected chi connectivity index (χ2v) is 5.51. The Morgan fingerprint density at radius 3 is 2.86 bits per heavy atom. The van der Waals surface area contributed by atoms with Gasteiger partial charge >= 0.3 is 0 Å². The van der Waals surface area contributed by atoms with E-state index in [4.69, 9.17) is 0 Å². The van der Waals surface area contributed by atoms with Gasteiger partial charge in [0, 0.05) is 24.5 Å². The van der Waals surface area contributed by atoms with Gasteiger partial charge in [-0.15, -0.1) is 0 Å². The van der Waals surface area contributed by atoms with Crippen molar-refractivity contribution >= 4 is 16.8 Å². The fraction of sp³-hybridized carbons (Fsp3) is 0.375. The van der Waals surface area contributed by atoms with E-state index in [1.807, 2.05) is 0 Å². The summed E-state index contributed by atoms with van der Waals surface area (Å²) in [5.74, 6) is -0.928. The number of likely N-dealkylation sites (tertiary alicyclic amines) is 1. The molecule has 0 bridgehead atoms. The molecule has 116 valence electrons. The zero-order chi connectivity index (χ0) is 15.5. The zero-order valence-electron chi connectivity index (χ0n) is 12.2. The van der Waals surface area contributed by atoms with Gasteiger partial charge in [-0.3, -0.25) is 9.59 Å². The predicted octanol–water partition coefficient (Wildman–Crippen LogP) is 1.49. The van der Waals surface area contributed by atoms with E-state index < -0.39 is 5.82 Å². The SMILES string of the molecule is O=C(NCCN1CCCC1)c1cc(=O)c2cccc(F)c2[nH]1. The lowest BCUT2D eigenvalue weighted by Gasteiger charge is -2.14. The summed E-state index contributed by atoms with van der Waals surface area (Å²) in [4.78, 5) is 29.1. The standard InChI is InChI=1S/C16H18FN3O2/c17-12-5-3-4-11-14(21)10-13(19-15(11)12)16(22)18-6-9-20-7-1-2-8-20/h3-5,10H,1-2,6-9H2,(H,18,22)(H,19,21). The molecule has 2 heterocycles. The average molecular weight is 303 g/mol. The minimum Gasteiger partial charge on any atom is -0.349 e. The highest BCUT2D eigenvalue weighted by Gasteiger charge is 2.13. The number of nitrogens with zero attached hydrogens (tertiary/aromatic N) is 1. The maximum absolute atomic E-state index is 13.8.